The molecule has 75 heavy (non-hydrogen) atoms. The summed E-state index contributed by atoms with van der Waals surface area (Å²) < 4.78 is 17.3. The molecule has 0 spiro atoms. The Morgan fingerprint density at radius 2 is 1.12 bits per heavy atom. The van der Waals surface area contributed by atoms with Crippen LogP contribution < -0.4 is 38.2 Å². The predicted octanol–water partition coefficient (Wildman–Crippen LogP) is 7.38. The molecule has 0 bridgehead atoms. The van der Waals surface area contributed by atoms with E-state index in [0.717, 1.165) is 49.8 Å². The van der Waals surface area contributed by atoms with Gasteiger partial charge in [-0.3, -0.25) is 39.0 Å². The van der Waals surface area contributed by atoms with Gasteiger partial charge in [0.1, 0.15) is 31.3 Å². The average molecular weight is 1060 g/mol. The smallest absolute Gasteiger partial charge is 0.408 e. The number of hydrogen-bond acceptors (Lipinski definition) is 11. The molecule has 19 nitrogen and oxygen atoms in total. The number of rotatable bonds is 46. The highest BCUT2D eigenvalue weighted by Gasteiger charge is 2.25. The van der Waals surface area contributed by atoms with E-state index in [9.17, 15) is 38.4 Å². The van der Waals surface area contributed by atoms with Gasteiger partial charge in [0.25, 0.3) is 11.8 Å². The van der Waals surface area contributed by atoms with E-state index in [-0.39, 0.29) is 32.1 Å². The second kappa shape index (κ2) is 44.7. The Kier molecular flexibility index (Phi) is 40.2. The number of carbonyl (C=O) groups is 8. The molecule has 0 aliphatic rings. The predicted molar refractivity (Wildman–Crippen MR) is 291 cm³/mol. The van der Waals surface area contributed by atoms with Gasteiger partial charge < -0.3 is 46.9 Å². The zero-order chi connectivity index (χ0) is 55.3. The van der Waals surface area contributed by atoms with Crippen LogP contribution >= 0.6 is 0 Å². The fraction of sp³-hybridized carbons (Fsp3) is 0.714. The fourth-order valence-corrected chi connectivity index (χ4v) is 7.92. The van der Waals surface area contributed by atoms with Gasteiger partial charge in [-0.25, -0.2) is 9.80 Å². The molecule has 1 aromatic carbocycles. The molecule has 0 saturated heterocycles. The molecular formula is C56H96N8O11. The molecule has 8 amide bonds. The second-order valence-electron chi connectivity index (χ2n) is 19.5. The van der Waals surface area contributed by atoms with Gasteiger partial charge in [0.2, 0.25) is 29.5 Å². The first kappa shape index (κ1) is 67.5. The van der Waals surface area contributed by atoms with Gasteiger partial charge in [-0.1, -0.05) is 185 Å². The zero-order valence-electron chi connectivity index (χ0n) is 46.1. The van der Waals surface area contributed by atoms with Crippen molar-refractivity contribution in [3.05, 3.63) is 48.0 Å². The quantitative estimate of drug-likeness (QED) is 0.0192. The van der Waals surface area contributed by atoms with Crippen molar-refractivity contribution in [1.82, 2.24) is 31.7 Å². The van der Waals surface area contributed by atoms with Crippen LogP contribution in [0.25, 0.3) is 0 Å². The lowest BCUT2D eigenvalue weighted by atomic mass is 10.1. The number of amides is 8. The molecule has 0 aliphatic heterocycles. The minimum Gasteiger partial charge on any atom is -0.445 e. The van der Waals surface area contributed by atoms with E-state index in [4.69, 9.17) is 25.7 Å². The fourth-order valence-electron chi connectivity index (χ4n) is 7.92. The first-order chi connectivity index (χ1) is 36.2. The molecular weight excluding hydrogens is 961 g/mol. The van der Waals surface area contributed by atoms with Gasteiger partial charge in [0.05, 0.1) is 12.7 Å². The van der Waals surface area contributed by atoms with Crippen LogP contribution in [-0.2, 0) is 54.4 Å². The third kappa shape index (κ3) is 37.8. The molecule has 4 atom stereocenters. The van der Waals surface area contributed by atoms with Crippen LogP contribution in [0.4, 0.5) is 4.79 Å². The number of carbonyl (C=O) groups excluding carboxylic acids is 8. The number of hydrogen-bond donors (Lipinski definition) is 7. The molecule has 0 radical (unpaired) electrons. The number of ether oxygens (including phenoxy) is 3. The van der Waals surface area contributed by atoms with Crippen molar-refractivity contribution in [2.24, 2.45) is 11.5 Å². The number of hydrazine groups is 1. The molecule has 19 heteroatoms. The Morgan fingerprint density at radius 1 is 0.613 bits per heavy atom. The van der Waals surface area contributed by atoms with Crippen LogP contribution in [0.3, 0.4) is 0 Å². The minimum absolute atomic E-state index is 0.0307. The van der Waals surface area contributed by atoms with E-state index in [0.29, 0.717) is 24.8 Å². The summed E-state index contributed by atoms with van der Waals surface area (Å²) in [6.07, 6.45) is 29.8. The molecule has 9 N–H and O–H groups in total. The molecule has 0 heterocycles. The Hall–Kier alpha value is -5.56. The van der Waals surface area contributed by atoms with Crippen molar-refractivity contribution in [2.45, 2.75) is 225 Å². The SMILES string of the molecule is CCCCCCCCCCCCCCOCC(CNC(=O)CC[C@H](NC(=O)/C=C/C(=O)N(CC(N)=O)NC(=O)[C@H](C)NC(=O)[C@H](C)NC(=O)OCc1ccccc1)C(N)=O)OCCCCCCCCCCCCCC. The largest absolute Gasteiger partial charge is 0.445 e. The van der Waals surface area contributed by atoms with Crippen molar-refractivity contribution < 1.29 is 52.6 Å². The van der Waals surface area contributed by atoms with Crippen LogP contribution in [0, 0.1) is 0 Å². The molecule has 0 fully saturated rings. The molecule has 1 aromatic rings. The topological polar surface area (TPSA) is 280 Å². The summed E-state index contributed by atoms with van der Waals surface area (Å²) in [5, 5.41) is 10.5. The Bertz CT molecular complexity index is 1790. The first-order valence-corrected chi connectivity index (χ1v) is 28.1. The van der Waals surface area contributed by atoms with E-state index in [1.54, 1.807) is 24.3 Å². The average Bonchev–Trinajstić information content (AvgIpc) is 3.38. The lowest BCUT2D eigenvalue weighted by Crippen LogP contribution is -2.56. The van der Waals surface area contributed by atoms with Gasteiger partial charge in [0, 0.05) is 38.3 Å². The number of benzene rings is 1. The summed E-state index contributed by atoms with van der Waals surface area (Å²) in [5.74, 6) is -6.02. The summed E-state index contributed by atoms with van der Waals surface area (Å²) >= 11 is 0. The summed E-state index contributed by atoms with van der Waals surface area (Å²) in [6, 6.07) is 5.19. The molecule has 1 unspecified atom stereocenters. The summed E-state index contributed by atoms with van der Waals surface area (Å²) in [4.78, 5) is 101. The third-order valence-electron chi connectivity index (χ3n) is 12.5. The molecule has 1 rings (SSSR count). The lowest BCUT2D eigenvalue weighted by Gasteiger charge is -2.24. The first-order valence-electron chi connectivity index (χ1n) is 28.1. The third-order valence-corrected chi connectivity index (χ3v) is 12.5. The lowest BCUT2D eigenvalue weighted by molar-refractivity contribution is -0.142. The number of nitrogens with two attached hydrogens (primary N) is 2. The molecule has 0 saturated carbocycles. The highest BCUT2D eigenvalue weighted by Crippen LogP contribution is 2.14. The normalized spacial score (nSPS) is 12.7. The highest BCUT2D eigenvalue weighted by molar-refractivity contribution is 6.00. The van der Waals surface area contributed by atoms with E-state index in [1.165, 1.54) is 136 Å². The zero-order valence-corrected chi connectivity index (χ0v) is 46.1. The van der Waals surface area contributed by atoms with Crippen LogP contribution in [0.1, 0.15) is 200 Å². The van der Waals surface area contributed by atoms with E-state index < -0.39 is 72.1 Å². The van der Waals surface area contributed by atoms with Gasteiger partial charge in [-0.2, -0.15) is 0 Å². The van der Waals surface area contributed by atoms with Gasteiger partial charge in [-0.05, 0) is 38.7 Å². The standard InChI is InChI=1S/C56H96N8O11/c1-5-7-9-11-13-15-17-19-21-23-25-30-38-73-43-47(74-39-31-26-24-22-20-18-16-14-12-10-8-6-2)40-59-50(66)35-34-48(53(58)69)62-51(67)36-37-52(68)64(41-49(57)65)63-55(71)45(4)60-54(70)44(3)61-56(72)75-42-46-32-28-27-29-33-46/h27-29,32-33,36-37,44-45,47-48H,5-26,30-31,34-35,38-43H2,1-4H3,(H2,57,65)(H2,58,69)(H,59,66)(H,60,70)(H,61,72)(H,62,67)(H,63,71)/b37-36+/t44-,45-,47?,48-/m0/s1. The second-order valence-corrected chi connectivity index (χ2v) is 19.5. The monoisotopic (exact) mass is 1060 g/mol. The summed E-state index contributed by atoms with van der Waals surface area (Å²) in [7, 11) is 0. The van der Waals surface area contributed by atoms with Crippen molar-refractivity contribution in [3.63, 3.8) is 0 Å². The minimum atomic E-state index is -1.28. The van der Waals surface area contributed by atoms with Crippen LogP contribution in [0.15, 0.2) is 42.5 Å². The van der Waals surface area contributed by atoms with E-state index >= 15 is 0 Å². The Morgan fingerprint density at radius 3 is 1.64 bits per heavy atom. The van der Waals surface area contributed by atoms with Crippen molar-refractivity contribution in [3.8, 4) is 0 Å². The Labute approximate surface area is 448 Å². The maximum absolute atomic E-state index is 13.0. The number of unbranched alkanes of at least 4 members (excludes halogenated alkanes) is 22. The maximum Gasteiger partial charge on any atom is 0.408 e. The van der Waals surface area contributed by atoms with Crippen molar-refractivity contribution in [2.75, 3.05) is 32.9 Å². The number of nitrogens with zero attached hydrogens (tertiary/aromatic N) is 1. The van der Waals surface area contributed by atoms with Gasteiger partial charge >= 0.3 is 6.09 Å². The number of alkyl carbamates (subject to hydrolysis) is 1. The van der Waals surface area contributed by atoms with Gasteiger partial charge in [-0.15, -0.1) is 0 Å². The molecule has 0 aromatic heterocycles. The van der Waals surface area contributed by atoms with Crippen molar-refractivity contribution >= 4 is 47.4 Å². The Balaban J connectivity index is 2.64. The molecule has 0 aliphatic carbocycles. The van der Waals surface area contributed by atoms with E-state index in [1.807, 2.05) is 6.07 Å². The summed E-state index contributed by atoms with van der Waals surface area (Å²) in [6.45, 7) is 7.97. The van der Waals surface area contributed by atoms with Crippen LogP contribution in [-0.4, -0.2) is 110 Å². The number of primary amides is 2. The summed E-state index contributed by atoms with van der Waals surface area (Å²) in [5.41, 5.74) is 13.7. The highest BCUT2D eigenvalue weighted by atomic mass is 16.5. The van der Waals surface area contributed by atoms with E-state index in [2.05, 4.69) is 40.5 Å². The molecule has 426 valence electrons. The van der Waals surface area contributed by atoms with Crippen LogP contribution in [0.5, 0.6) is 0 Å². The maximum atomic E-state index is 13.0. The van der Waals surface area contributed by atoms with Gasteiger partial charge in [0.15, 0.2) is 0 Å². The number of nitrogens with one attached hydrogen (secondary N) is 5. The van der Waals surface area contributed by atoms with Crippen molar-refractivity contribution in [1.29, 1.82) is 0 Å². The van der Waals surface area contributed by atoms with Crippen LogP contribution in [0.2, 0.25) is 0 Å².